The van der Waals surface area contributed by atoms with Crippen molar-refractivity contribution in [2.45, 2.75) is 6.92 Å². The number of hydrogen-bond donors (Lipinski definition) is 2. The van der Waals surface area contributed by atoms with E-state index in [-0.39, 0.29) is 5.84 Å². The Morgan fingerprint density at radius 1 is 1.32 bits per heavy atom. The number of nitrogens with two attached hydrogens (primary N) is 1. The number of rotatable bonds is 6. The number of pyridine rings is 1. The van der Waals surface area contributed by atoms with Crippen molar-refractivity contribution in [3.05, 3.63) is 35.9 Å². The van der Waals surface area contributed by atoms with Gasteiger partial charge in [0.15, 0.2) is 0 Å². The molecule has 0 saturated carbocycles. The summed E-state index contributed by atoms with van der Waals surface area (Å²) in [6, 6.07) is 9.24. The lowest BCUT2D eigenvalue weighted by molar-refractivity contribution is 0.108. The van der Waals surface area contributed by atoms with Gasteiger partial charge in [-0.2, -0.15) is 0 Å². The van der Waals surface area contributed by atoms with Gasteiger partial charge in [0.05, 0.1) is 12.1 Å². The molecule has 0 spiro atoms. The van der Waals surface area contributed by atoms with Crippen LogP contribution >= 0.6 is 0 Å². The van der Waals surface area contributed by atoms with Crippen molar-refractivity contribution >= 4 is 16.7 Å². The Morgan fingerprint density at radius 3 is 2.84 bits per heavy atom. The summed E-state index contributed by atoms with van der Waals surface area (Å²) in [7, 11) is 0. The molecule has 0 atom stereocenters. The molecular formula is C14H17N3O2. The lowest BCUT2D eigenvalue weighted by atomic mass is 10.1. The third kappa shape index (κ3) is 3.20. The summed E-state index contributed by atoms with van der Waals surface area (Å²) >= 11 is 0. The Bertz CT molecular complexity index is 584. The fraction of sp³-hybridized carbons (Fsp3) is 0.286. The maximum Gasteiger partial charge on any atom is 0.214 e. The van der Waals surface area contributed by atoms with Crippen molar-refractivity contribution in [1.82, 2.24) is 4.98 Å². The van der Waals surface area contributed by atoms with E-state index in [4.69, 9.17) is 20.6 Å². The van der Waals surface area contributed by atoms with Crippen LogP contribution in [-0.4, -0.2) is 30.6 Å². The summed E-state index contributed by atoms with van der Waals surface area (Å²) in [6.07, 6.45) is 0. The van der Waals surface area contributed by atoms with Gasteiger partial charge in [0.1, 0.15) is 12.4 Å². The Labute approximate surface area is 111 Å². The quantitative estimate of drug-likeness (QED) is 0.472. The SMILES string of the molecule is CCOCCOc1cc(C(=N)N)c2ccccc2n1. The number of amidine groups is 1. The molecule has 0 saturated heterocycles. The summed E-state index contributed by atoms with van der Waals surface area (Å²) in [6.45, 7) is 3.53. The molecule has 3 N–H and O–H groups in total. The third-order valence-corrected chi connectivity index (χ3v) is 2.66. The van der Waals surface area contributed by atoms with Gasteiger partial charge in [0, 0.05) is 23.6 Å². The first-order valence-corrected chi connectivity index (χ1v) is 6.17. The zero-order valence-corrected chi connectivity index (χ0v) is 10.8. The summed E-state index contributed by atoms with van der Waals surface area (Å²) < 4.78 is 10.7. The van der Waals surface area contributed by atoms with Gasteiger partial charge in [0.25, 0.3) is 0 Å². The van der Waals surface area contributed by atoms with Crippen LogP contribution in [0.3, 0.4) is 0 Å². The Kier molecular flexibility index (Phi) is 4.30. The van der Waals surface area contributed by atoms with Gasteiger partial charge in [-0.15, -0.1) is 0 Å². The van der Waals surface area contributed by atoms with Crippen molar-refractivity contribution in [3.63, 3.8) is 0 Å². The third-order valence-electron chi connectivity index (χ3n) is 2.66. The highest BCUT2D eigenvalue weighted by Gasteiger charge is 2.08. The maximum absolute atomic E-state index is 7.63. The predicted molar refractivity (Wildman–Crippen MR) is 74.7 cm³/mol. The molecule has 0 amide bonds. The molecule has 1 aromatic carbocycles. The summed E-state index contributed by atoms with van der Waals surface area (Å²) in [4.78, 5) is 4.39. The van der Waals surface area contributed by atoms with Crippen molar-refractivity contribution in [3.8, 4) is 5.88 Å². The second-order valence-electron chi connectivity index (χ2n) is 3.98. The Morgan fingerprint density at radius 2 is 2.11 bits per heavy atom. The molecule has 0 aliphatic heterocycles. The lowest BCUT2D eigenvalue weighted by Crippen LogP contribution is -2.13. The number of fused-ring (bicyclic) bond motifs is 1. The molecule has 2 rings (SSSR count). The Hall–Kier alpha value is -2.14. The number of para-hydroxylation sites is 1. The van der Waals surface area contributed by atoms with Crippen molar-refractivity contribution in [2.75, 3.05) is 19.8 Å². The van der Waals surface area contributed by atoms with E-state index in [0.717, 1.165) is 10.9 Å². The molecule has 100 valence electrons. The number of hydrogen-bond acceptors (Lipinski definition) is 4. The van der Waals surface area contributed by atoms with Gasteiger partial charge in [-0.1, -0.05) is 18.2 Å². The maximum atomic E-state index is 7.63. The van der Waals surface area contributed by atoms with Gasteiger partial charge in [0.2, 0.25) is 5.88 Å². The van der Waals surface area contributed by atoms with Crippen LogP contribution < -0.4 is 10.5 Å². The van der Waals surface area contributed by atoms with Crippen LogP contribution in [0, 0.1) is 5.41 Å². The normalized spacial score (nSPS) is 10.6. The standard InChI is InChI=1S/C14H17N3O2/c1-2-18-7-8-19-13-9-11(14(15)16)10-5-3-4-6-12(10)17-13/h3-6,9H,2,7-8H2,1H3,(H3,15,16). The van der Waals surface area contributed by atoms with E-state index in [2.05, 4.69) is 4.98 Å². The molecule has 1 heterocycles. The van der Waals surface area contributed by atoms with Crippen LogP contribution in [0.5, 0.6) is 5.88 Å². The van der Waals surface area contributed by atoms with E-state index in [1.807, 2.05) is 31.2 Å². The topological polar surface area (TPSA) is 81.2 Å². The van der Waals surface area contributed by atoms with Gasteiger partial charge in [-0.05, 0) is 13.0 Å². The summed E-state index contributed by atoms with van der Waals surface area (Å²) in [5.41, 5.74) is 7.00. The van der Waals surface area contributed by atoms with Crippen LogP contribution in [0.1, 0.15) is 12.5 Å². The molecule has 1 aromatic heterocycles. The van der Waals surface area contributed by atoms with E-state index in [1.54, 1.807) is 6.07 Å². The second kappa shape index (κ2) is 6.15. The van der Waals surface area contributed by atoms with Gasteiger partial charge in [-0.3, -0.25) is 5.41 Å². The second-order valence-corrected chi connectivity index (χ2v) is 3.98. The van der Waals surface area contributed by atoms with Gasteiger partial charge in [-0.25, -0.2) is 4.98 Å². The van der Waals surface area contributed by atoms with Crippen molar-refractivity contribution < 1.29 is 9.47 Å². The van der Waals surface area contributed by atoms with Crippen molar-refractivity contribution in [2.24, 2.45) is 5.73 Å². The highest BCUT2D eigenvalue weighted by atomic mass is 16.5. The minimum atomic E-state index is 0.00765. The number of nitrogens with one attached hydrogen (secondary N) is 1. The molecule has 0 aliphatic carbocycles. The van der Waals surface area contributed by atoms with Gasteiger partial charge >= 0.3 is 0 Å². The molecule has 5 heteroatoms. The van der Waals surface area contributed by atoms with E-state index in [0.29, 0.717) is 31.3 Å². The molecule has 0 aliphatic rings. The monoisotopic (exact) mass is 259 g/mol. The molecular weight excluding hydrogens is 242 g/mol. The zero-order valence-electron chi connectivity index (χ0n) is 10.8. The molecule has 19 heavy (non-hydrogen) atoms. The summed E-state index contributed by atoms with van der Waals surface area (Å²) in [5.74, 6) is 0.469. The average molecular weight is 259 g/mol. The van der Waals surface area contributed by atoms with E-state index in [9.17, 15) is 0 Å². The fourth-order valence-electron chi connectivity index (χ4n) is 1.80. The molecule has 5 nitrogen and oxygen atoms in total. The highest BCUT2D eigenvalue weighted by Crippen LogP contribution is 2.21. The molecule has 2 aromatic rings. The van der Waals surface area contributed by atoms with Crippen LogP contribution in [0.4, 0.5) is 0 Å². The van der Waals surface area contributed by atoms with E-state index >= 15 is 0 Å². The molecule has 0 fully saturated rings. The number of nitrogens with zero attached hydrogens (tertiary/aromatic N) is 1. The minimum absolute atomic E-state index is 0.00765. The predicted octanol–water partition coefficient (Wildman–Crippen LogP) is 1.93. The van der Waals surface area contributed by atoms with Crippen LogP contribution in [-0.2, 0) is 4.74 Å². The first-order valence-electron chi connectivity index (χ1n) is 6.17. The number of ether oxygens (including phenoxy) is 2. The lowest BCUT2D eigenvalue weighted by Gasteiger charge is -2.09. The highest BCUT2D eigenvalue weighted by molar-refractivity contribution is 6.06. The van der Waals surface area contributed by atoms with Gasteiger partial charge < -0.3 is 15.2 Å². The average Bonchev–Trinajstić information content (AvgIpc) is 2.42. The van der Waals surface area contributed by atoms with E-state index in [1.165, 1.54) is 0 Å². The fourth-order valence-corrected chi connectivity index (χ4v) is 1.80. The largest absolute Gasteiger partial charge is 0.475 e. The van der Waals surface area contributed by atoms with E-state index < -0.39 is 0 Å². The first kappa shape index (κ1) is 13.3. The van der Waals surface area contributed by atoms with Crippen LogP contribution in [0.25, 0.3) is 10.9 Å². The number of nitrogen functional groups attached to an aromatic ring is 1. The molecule has 0 bridgehead atoms. The van der Waals surface area contributed by atoms with Crippen LogP contribution in [0.15, 0.2) is 30.3 Å². The molecule has 0 radical (unpaired) electrons. The van der Waals surface area contributed by atoms with Crippen molar-refractivity contribution in [1.29, 1.82) is 5.41 Å². The smallest absolute Gasteiger partial charge is 0.214 e. The number of benzene rings is 1. The Balaban J connectivity index is 2.27. The molecule has 0 unspecified atom stereocenters. The zero-order chi connectivity index (χ0) is 13.7. The minimum Gasteiger partial charge on any atom is -0.475 e. The van der Waals surface area contributed by atoms with Crippen LogP contribution in [0.2, 0.25) is 0 Å². The first-order chi connectivity index (χ1) is 9.22. The number of aromatic nitrogens is 1. The summed E-state index contributed by atoms with van der Waals surface area (Å²) in [5, 5.41) is 8.48.